The van der Waals surface area contributed by atoms with Crippen molar-refractivity contribution in [3.63, 3.8) is 0 Å². The van der Waals surface area contributed by atoms with Crippen LogP contribution in [0.2, 0.25) is 0 Å². The van der Waals surface area contributed by atoms with Gasteiger partial charge < -0.3 is 10.1 Å². The molecule has 1 aromatic rings. The third-order valence-corrected chi connectivity index (χ3v) is 3.57. The number of hydrogen-bond donors (Lipinski definition) is 1. The van der Waals surface area contributed by atoms with Gasteiger partial charge in [0.05, 0.1) is 18.8 Å². The highest BCUT2D eigenvalue weighted by atomic mass is 16.5. The van der Waals surface area contributed by atoms with Crippen molar-refractivity contribution in [3.05, 3.63) is 35.4 Å². The summed E-state index contributed by atoms with van der Waals surface area (Å²) in [5.74, 6) is 0. The van der Waals surface area contributed by atoms with Crippen LogP contribution in [0.25, 0.3) is 0 Å². The number of rotatable bonds is 6. The lowest BCUT2D eigenvalue weighted by Gasteiger charge is -2.29. The Morgan fingerprint density at radius 1 is 1.35 bits per heavy atom. The number of ether oxygens (including phenoxy) is 1. The van der Waals surface area contributed by atoms with E-state index in [9.17, 15) is 0 Å². The van der Waals surface area contributed by atoms with E-state index in [1.807, 2.05) is 0 Å². The van der Waals surface area contributed by atoms with Crippen molar-refractivity contribution in [2.45, 2.75) is 45.3 Å². The van der Waals surface area contributed by atoms with Crippen molar-refractivity contribution in [3.8, 4) is 0 Å². The molecule has 2 heteroatoms. The van der Waals surface area contributed by atoms with Gasteiger partial charge in [-0.15, -0.1) is 0 Å². The quantitative estimate of drug-likeness (QED) is 0.814. The average Bonchev–Trinajstić information content (AvgIpc) is 2.26. The van der Waals surface area contributed by atoms with Crippen LogP contribution in [0.4, 0.5) is 0 Å². The molecular formula is C15H23NO. The van der Waals surface area contributed by atoms with Crippen LogP contribution in [-0.4, -0.2) is 19.3 Å². The van der Waals surface area contributed by atoms with Gasteiger partial charge in [0.15, 0.2) is 0 Å². The number of hydrogen-bond acceptors (Lipinski definition) is 2. The van der Waals surface area contributed by atoms with Crippen LogP contribution in [0.15, 0.2) is 24.3 Å². The molecule has 0 amide bonds. The summed E-state index contributed by atoms with van der Waals surface area (Å²) in [5, 5.41) is 3.52. The van der Waals surface area contributed by atoms with Crippen molar-refractivity contribution in [2.24, 2.45) is 0 Å². The molecule has 0 spiro atoms. The summed E-state index contributed by atoms with van der Waals surface area (Å²) in [4.78, 5) is 0. The molecule has 0 aromatic heterocycles. The van der Waals surface area contributed by atoms with Crippen molar-refractivity contribution in [1.82, 2.24) is 5.32 Å². The van der Waals surface area contributed by atoms with E-state index < -0.39 is 0 Å². The van der Waals surface area contributed by atoms with E-state index in [1.54, 1.807) is 0 Å². The molecule has 17 heavy (non-hydrogen) atoms. The fraction of sp³-hybridized carbons (Fsp3) is 0.600. The lowest BCUT2D eigenvalue weighted by Crippen LogP contribution is -2.30. The molecule has 0 radical (unpaired) electrons. The Bertz CT molecular complexity index is 347. The third kappa shape index (κ3) is 3.30. The molecule has 2 nitrogen and oxygen atoms in total. The van der Waals surface area contributed by atoms with E-state index in [4.69, 9.17) is 4.74 Å². The van der Waals surface area contributed by atoms with Gasteiger partial charge in [0.25, 0.3) is 0 Å². The molecule has 0 bridgehead atoms. The van der Waals surface area contributed by atoms with Crippen molar-refractivity contribution in [2.75, 3.05) is 13.2 Å². The Morgan fingerprint density at radius 2 is 2.12 bits per heavy atom. The van der Waals surface area contributed by atoms with E-state index in [0.717, 1.165) is 13.2 Å². The first-order valence-corrected chi connectivity index (χ1v) is 6.71. The zero-order valence-corrected chi connectivity index (χ0v) is 10.9. The summed E-state index contributed by atoms with van der Waals surface area (Å²) in [6.45, 7) is 6.09. The highest BCUT2D eigenvalue weighted by molar-refractivity contribution is 5.28. The molecule has 0 saturated heterocycles. The zero-order valence-electron chi connectivity index (χ0n) is 10.9. The summed E-state index contributed by atoms with van der Waals surface area (Å²) in [5.41, 5.74) is 2.71. The molecule has 1 aliphatic carbocycles. The molecule has 1 aliphatic rings. The lowest BCUT2D eigenvalue weighted by atomic mass is 9.96. The fourth-order valence-corrected chi connectivity index (χ4v) is 2.25. The van der Waals surface area contributed by atoms with Crippen molar-refractivity contribution < 1.29 is 4.74 Å². The van der Waals surface area contributed by atoms with E-state index >= 15 is 0 Å². The Labute approximate surface area is 104 Å². The monoisotopic (exact) mass is 233 g/mol. The van der Waals surface area contributed by atoms with Gasteiger partial charge in [0.1, 0.15) is 0 Å². The highest BCUT2D eigenvalue weighted by Crippen LogP contribution is 2.24. The number of likely N-dealkylation sites (N-methyl/N-ethyl adjacent to an activating group) is 1. The minimum atomic E-state index is 0.335. The van der Waals surface area contributed by atoms with Crippen LogP contribution in [-0.2, 0) is 4.74 Å². The topological polar surface area (TPSA) is 21.3 Å². The molecule has 1 atom stereocenters. The second kappa shape index (κ2) is 6.18. The fourth-order valence-electron chi connectivity index (χ4n) is 2.25. The maximum absolute atomic E-state index is 5.94. The second-order valence-electron chi connectivity index (χ2n) is 4.85. The van der Waals surface area contributed by atoms with Gasteiger partial charge in [-0.3, -0.25) is 0 Å². The van der Waals surface area contributed by atoms with E-state index in [-0.39, 0.29) is 0 Å². The Hall–Kier alpha value is -0.860. The first kappa shape index (κ1) is 12.6. The van der Waals surface area contributed by atoms with Crippen LogP contribution in [0, 0.1) is 6.92 Å². The van der Waals surface area contributed by atoms with Gasteiger partial charge >= 0.3 is 0 Å². The molecule has 1 saturated carbocycles. The maximum Gasteiger partial charge on any atom is 0.0665 e. The van der Waals surface area contributed by atoms with Crippen LogP contribution in [0.1, 0.15) is 43.4 Å². The molecule has 1 aromatic carbocycles. The largest absolute Gasteiger partial charge is 0.376 e. The smallest absolute Gasteiger partial charge is 0.0665 e. The first-order chi connectivity index (χ1) is 8.31. The van der Waals surface area contributed by atoms with Crippen LogP contribution < -0.4 is 5.32 Å². The van der Waals surface area contributed by atoms with Gasteiger partial charge in [0.2, 0.25) is 0 Å². The first-order valence-electron chi connectivity index (χ1n) is 6.71. The predicted molar refractivity (Wildman–Crippen MR) is 71.2 cm³/mol. The van der Waals surface area contributed by atoms with E-state index in [1.165, 1.54) is 30.4 Å². The van der Waals surface area contributed by atoms with Crippen molar-refractivity contribution in [1.29, 1.82) is 0 Å². The number of benzene rings is 1. The average molecular weight is 233 g/mol. The summed E-state index contributed by atoms with van der Waals surface area (Å²) in [7, 11) is 0. The SMILES string of the molecule is CCNC(COC1CCC1)c1ccccc1C. The lowest BCUT2D eigenvalue weighted by molar-refractivity contribution is -0.00867. The summed E-state index contributed by atoms with van der Waals surface area (Å²) in [6.07, 6.45) is 4.33. The highest BCUT2D eigenvalue weighted by Gasteiger charge is 2.20. The molecule has 94 valence electrons. The Balaban J connectivity index is 1.97. The standard InChI is InChI=1S/C15H23NO/c1-3-16-15(11-17-13-8-6-9-13)14-10-5-4-7-12(14)2/h4-5,7,10,13,15-16H,3,6,8-9,11H2,1-2H3. The number of nitrogens with one attached hydrogen (secondary N) is 1. The molecule has 2 rings (SSSR count). The second-order valence-corrected chi connectivity index (χ2v) is 4.85. The van der Waals surface area contributed by atoms with Crippen molar-refractivity contribution >= 4 is 0 Å². The maximum atomic E-state index is 5.94. The summed E-state index contributed by atoms with van der Waals surface area (Å²) < 4.78 is 5.94. The van der Waals surface area contributed by atoms with E-state index in [0.29, 0.717) is 12.1 Å². The summed E-state index contributed by atoms with van der Waals surface area (Å²) >= 11 is 0. The van der Waals surface area contributed by atoms with Crippen LogP contribution >= 0.6 is 0 Å². The summed E-state index contributed by atoms with van der Waals surface area (Å²) in [6, 6.07) is 8.90. The van der Waals surface area contributed by atoms with E-state index in [2.05, 4.69) is 43.4 Å². The number of aryl methyl sites for hydroxylation is 1. The minimum absolute atomic E-state index is 0.335. The predicted octanol–water partition coefficient (Wildman–Crippen LogP) is 3.21. The Kier molecular flexibility index (Phi) is 4.57. The minimum Gasteiger partial charge on any atom is -0.376 e. The van der Waals surface area contributed by atoms with Gasteiger partial charge in [-0.1, -0.05) is 31.2 Å². The van der Waals surface area contributed by atoms with Gasteiger partial charge in [-0.2, -0.15) is 0 Å². The molecule has 1 N–H and O–H groups in total. The van der Waals surface area contributed by atoms with Gasteiger partial charge in [-0.25, -0.2) is 0 Å². The van der Waals surface area contributed by atoms with Crippen LogP contribution in [0.5, 0.6) is 0 Å². The Morgan fingerprint density at radius 3 is 2.71 bits per heavy atom. The molecule has 1 unspecified atom stereocenters. The van der Waals surface area contributed by atoms with Gasteiger partial charge in [-0.05, 0) is 43.9 Å². The molecule has 0 aliphatic heterocycles. The molecular weight excluding hydrogens is 210 g/mol. The normalized spacial score (nSPS) is 17.8. The third-order valence-electron chi connectivity index (χ3n) is 3.57. The van der Waals surface area contributed by atoms with Gasteiger partial charge in [0, 0.05) is 0 Å². The molecule has 0 heterocycles. The zero-order chi connectivity index (χ0) is 12.1. The molecule has 1 fully saturated rings. The van der Waals surface area contributed by atoms with Crippen LogP contribution in [0.3, 0.4) is 0 Å².